The molecule has 0 radical (unpaired) electrons. The van der Waals surface area contributed by atoms with Crippen molar-refractivity contribution in [3.63, 3.8) is 0 Å². The van der Waals surface area contributed by atoms with Gasteiger partial charge in [0.1, 0.15) is 0 Å². The Kier molecular flexibility index (Phi) is 1.78. The van der Waals surface area contributed by atoms with Crippen LogP contribution in [0.1, 0.15) is 11.1 Å². The molecule has 0 saturated heterocycles. The quantitative estimate of drug-likeness (QED) is 0.769. The minimum atomic E-state index is -1.48. The van der Waals surface area contributed by atoms with Gasteiger partial charge in [-0.3, -0.25) is 0 Å². The summed E-state index contributed by atoms with van der Waals surface area (Å²) < 4.78 is 0. The maximum atomic E-state index is 10.8. The van der Waals surface area contributed by atoms with E-state index in [0.29, 0.717) is 10.5 Å². The molecule has 2 aliphatic rings. The number of aliphatic imine (C=N–C) groups is 1. The standard InChI is InChI=1S/C11H7NO3S/c13-10(14)9-12-11(15)7-4-2-1-3-6(7)5-8(11)16-9/h1-5,15H,(H,13,14). The van der Waals surface area contributed by atoms with Gasteiger partial charge in [-0.25, -0.2) is 9.79 Å². The Morgan fingerprint density at radius 3 is 2.88 bits per heavy atom. The SMILES string of the molecule is O=C(O)C1=NC2(O)C(=Cc3ccccc32)S1. The summed E-state index contributed by atoms with van der Waals surface area (Å²) in [5.74, 6) is -1.11. The lowest BCUT2D eigenvalue weighted by molar-refractivity contribution is -0.129. The highest BCUT2D eigenvalue weighted by Gasteiger charge is 2.46. The van der Waals surface area contributed by atoms with Crippen LogP contribution < -0.4 is 0 Å². The summed E-state index contributed by atoms with van der Waals surface area (Å²) in [6.45, 7) is 0. The Morgan fingerprint density at radius 1 is 1.38 bits per heavy atom. The zero-order chi connectivity index (χ0) is 11.3. The summed E-state index contributed by atoms with van der Waals surface area (Å²) in [5, 5.41) is 19.1. The number of aliphatic carboxylic acids is 1. The first-order valence-electron chi connectivity index (χ1n) is 4.66. The molecular formula is C11H7NO3S. The number of benzene rings is 1. The maximum absolute atomic E-state index is 10.8. The van der Waals surface area contributed by atoms with Gasteiger partial charge in [-0.1, -0.05) is 36.0 Å². The Morgan fingerprint density at radius 2 is 2.12 bits per heavy atom. The molecule has 0 fully saturated rings. The second-order valence-electron chi connectivity index (χ2n) is 3.59. The Labute approximate surface area is 95.3 Å². The minimum Gasteiger partial charge on any atom is -0.476 e. The van der Waals surface area contributed by atoms with E-state index >= 15 is 0 Å². The second-order valence-corrected chi connectivity index (χ2v) is 4.62. The summed E-state index contributed by atoms with van der Waals surface area (Å²) in [5.41, 5.74) is 0.0593. The molecule has 0 aromatic heterocycles. The van der Waals surface area contributed by atoms with Crippen LogP contribution in [0, 0.1) is 0 Å². The molecule has 0 spiro atoms. The summed E-state index contributed by atoms with van der Waals surface area (Å²) in [6, 6.07) is 7.29. The van der Waals surface area contributed by atoms with Crippen LogP contribution in [0.4, 0.5) is 0 Å². The average molecular weight is 233 g/mol. The van der Waals surface area contributed by atoms with Crippen molar-refractivity contribution in [2.45, 2.75) is 5.72 Å². The fourth-order valence-corrected chi connectivity index (χ4v) is 2.85. The van der Waals surface area contributed by atoms with Crippen LogP contribution in [0.5, 0.6) is 0 Å². The molecule has 5 heteroatoms. The number of rotatable bonds is 1. The van der Waals surface area contributed by atoms with Gasteiger partial charge in [0.15, 0.2) is 5.04 Å². The molecule has 16 heavy (non-hydrogen) atoms. The highest BCUT2D eigenvalue weighted by Crippen LogP contribution is 2.51. The molecule has 0 amide bonds. The molecule has 3 rings (SSSR count). The number of aliphatic hydroxyl groups is 1. The number of hydrogen-bond donors (Lipinski definition) is 2. The van der Waals surface area contributed by atoms with Gasteiger partial charge in [-0.2, -0.15) is 0 Å². The van der Waals surface area contributed by atoms with Crippen LogP contribution in [-0.2, 0) is 10.5 Å². The highest BCUT2D eigenvalue weighted by molar-refractivity contribution is 8.19. The third kappa shape index (κ3) is 1.10. The molecule has 1 unspecified atom stereocenters. The largest absolute Gasteiger partial charge is 0.476 e. The molecule has 1 heterocycles. The van der Waals surface area contributed by atoms with Crippen LogP contribution in [-0.4, -0.2) is 21.2 Å². The van der Waals surface area contributed by atoms with Gasteiger partial charge < -0.3 is 10.2 Å². The molecule has 1 aromatic rings. The van der Waals surface area contributed by atoms with Gasteiger partial charge >= 0.3 is 5.97 Å². The molecule has 1 aromatic carbocycles. The monoisotopic (exact) mass is 233 g/mol. The third-order valence-corrected chi connectivity index (χ3v) is 3.70. The molecule has 0 bridgehead atoms. The van der Waals surface area contributed by atoms with Crippen molar-refractivity contribution in [1.82, 2.24) is 0 Å². The average Bonchev–Trinajstić information content (AvgIpc) is 2.69. The summed E-state index contributed by atoms with van der Waals surface area (Å²) in [4.78, 5) is 15.2. The lowest BCUT2D eigenvalue weighted by atomic mass is 10.0. The Balaban J connectivity index is 2.17. The fraction of sp³-hybridized carbons (Fsp3) is 0.0909. The molecule has 80 valence electrons. The minimum absolute atomic E-state index is 0.0664. The summed E-state index contributed by atoms with van der Waals surface area (Å²) in [7, 11) is 0. The van der Waals surface area contributed by atoms with Crippen molar-refractivity contribution in [3.8, 4) is 0 Å². The van der Waals surface area contributed by atoms with Crippen LogP contribution in [0.3, 0.4) is 0 Å². The summed E-state index contributed by atoms with van der Waals surface area (Å²) in [6.07, 6.45) is 1.78. The molecule has 1 aliphatic carbocycles. The molecule has 2 N–H and O–H groups in total. The molecular weight excluding hydrogens is 226 g/mol. The lowest BCUT2D eigenvalue weighted by Crippen LogP contribution is -2.19. The first kappa shape index (κ1) is 9.62. The Hall–Kier alpha value is -1.59. The van der Waals surface area contributed by atoms with Gasteiger partial charge in [-0.15, -0.1) is 0 Å². The Bertz CT molecular complexity index is 564. The van der Waals surface area contributed by atoms with Gasteiger partial charge in [-0.05, 0) is 11.6 Å². The van der Waals surface area contributed by atoms with E-state index in [1.54, 1.807) is 18.2 Å². The number of carboxylic acids is 1. The van der Waals surface area contributed by atoms with E-state index < -0.39 is 11.7 Å². The van der Waals surface area contributed by atoms with E-state index in [1.807, 2.05) is 12.1 Å². The van der Waals surface area contributed by atoms with Crippen molar-refractivity contribution >= 4 is 28.9 Å². The lowest BCUT2D eigenvalue weighted by Gasteiger charge is -2.16. The van der Waals surface area contributed by atoms with Crippen molar-refractivity contribution < 1.29 is 15.0 Å². The second kappa shape index (κ2) is 2.96. The molecule has 4 nitrogen and oxygen atoms in total. The predicted molar refractivity (Wildman–Crippen MR) is 61.0 cm³/mol. The smallest absolute Gasteiger partial charge is 0.361 e. The summed E-state index contributed by atoms with van der Waals surface area (Å²) >= 11 is 1.01. The van der Waals surface area contributed by atoms with Gasteiger partial charge in [0.2, 0.25) is 5.72 Å². The maximum Gasteiger partial charge on any atom is 0.361 e. The van der Waals surface area contributed by atoms with E-state index in [9.17, 15) is 9.90 Å². The predicted octanol–water partition coefficient (Wildman–Crippen LogP) is 1.42. The highest BCUT2D eigenvalue weighted by atomic mass is 32.2. The topological polar surface area (TPSA) is 69.9 Å². The molecule has 1 aliphatic heterocycles. The van der Waals surface area contributed by atoms with Crippen LogP contribution in [0.2, 0.25) is 0 Å². The molecule has 0 saturated carbocycles. The number of carboxylic acid groups (broad SMARTS) is 1. The normalized spacial score (nSPS) is 25.8. The van der Waals surface area contributed by atoms with Crippen molar-refractivity contribution in [3.05, 3.63) is 40.3 Å². The van der Waals surface area contributed by atoms with E-state index in [1.165, 1.54) is 0 Å². The van der Waals surface area contributed by atoms with Crippen LogP contribution in [0.15, 0.2) is 34.2 Å². The number of thioether (sulfide) groups is 1. The number of fused-ring (bicyclic) bond motifs is 3. The third-order valence-electron chi connectivity index (χ3n) is 2.62. The van der Waals surface area contributed by atoms with Gasteiger partial charge in [0.05, 0.1) is 4.91 Å². The van der Waals surface area contributed by atoms with E-state index in [2.05, 4.69) is 4.99 Å². The van der Waals surface area contributed by atoms with Crippen molar-refractivity contribution in [2.75, 3.05) is 0 Å². The number of hydrogen-bond acceptors (Lipinski definition) is 4. The number of nitrogens with zero attached hydrogens (tertiary/aromatic N) is 1. The van der Waals surface area contributed by atoms with Crippen LogP contribution >= 0.6 is 11.8 Å². The molecule has 1 atom stereocenters. The fourth-order valence-electron chi connectivity index (χ4n) is 1.90. The number of carbonyl (C=O) groups is 1. The van der Waals surface area contributed by atoms with Gasteiger partial charge in [0, 0.05) is 5.56 Å². The van der Waals surface area contributed by atoms with E-state index in [-0.39, 0.29) is 5.04 Å². The zero-order valence-electron chi connectivity index (χ0n) is 8.04. The first-order valence-corrected chi connectivity index (χ1v) is 5.48. The van der Waals surface area contributed by atoms with E-state index in [0.717, 1.165) is 17.3 Å². The zero-order valence-corrected chi connectivity index (χ0v) is 8.86. The van der Waals surface area contributed by atoms with Gasteiger partial charge in [0.25, 0.3) is 0 Å². The van der Waals surface area contributed by atoms with Crippen molar-refractivity contribution in [2.24, 2.45) is 4.99 Å². The van der Waals surface area contributed by atoms with E-state index in [4.69, 9.17) is 5.11 Å². The van der Waals surface area contributed by atoms with Crippen LogP contribution in [0.25, 0.3) is 6.08 Å². The first-order chi connectivity index (χ1) is 7.61. The van der Waals surface area contributed by atoms with Crippen molar-refractivity contribution in [1.29, 1.82) is 0 Å².